The minimum Gasteiger partial charge on any atom is -0.379 e. The molecule has 0 spiro atoms. The number of hydrogen-bond acceptors (Lipinski definition) is 4. The Morgan fingerprint density at radius 1 is 1.23 bits per heavy atom. The lowest BCUT2D eigenvalue weighted by Crippen LogP contribution is -2.51. The Morgan fingerprint density at radius 3 is 2.58 bits per heavy atom. The first-order valence-electron chi connectivity index (χ1n) is 9.28. The highest BCUT2D eigenvalue weighted by Gasteiger charge is 2.30. The van der Waals surface area contributed by atoms with E-state index in [0.717, 1.165) is 12.8 Å². The molecule has 1 saturated heterocycles. The Hall–Kier alpha value is -1.92. The number of hydrogen-bond donors (Lipinski definition) is 1. The second kappa shape index (κ2) is 8.64. The van der Waals surface area contributed by atoms with Gasteiger partial charge < -0.3 is 19.7 Å². The number of nitrogens with zero attached hydrogens (tertiary/aromatic N) is 1. The summed E-state index contributed by atoms with van der Waals surface area (Å²) in [4.78, 5) is 25.7. The molecule has 2 atom stereocenters. The minimum absolute atomic E-state index is 0.00529. The van der Waals surface area contributed by atoms with Crippen LogP contribution in [0.1, 0.15) is 24.0 Å². The molecule has 0 bridgehead atoms. The molecule has 0 radical (unpaired) electrons. The summed E-state index contributed by atoms with van der Waals surface area (Å²) in [5.74, 6) is 0.327. The monoisotopic (exact) mass is 360 g/mol. The molecule has 3 rings (SSSR count). The van der Waals surface area contributed by atoms with Crippen LogP contribution in [0.2, 0.25) is 0 Å². The Balaban J connectivity index is 1.48. The van der Waals surface area contributed by atoms with Gasteiger partial charge in [0.15, 0.2) is 0 Å². The molecule has 26 heavy (non-hydrogen) atoms. The summed E-state index contributed by atoms with van der Waals surface area (Å²) in [6, 6.07) is 8.31. The van der Waals surface area contributed by atoms with E-state index in [2.05, 4.69) is 29.6 Å². The number of ether oxygens (including phenoxy) is 2. The Morgan fingerprint density at radius 2 is 1.92 bits per heavy atom. The summed E-state index contributed by atoms with van der Waals surface area (Å²) in [5.41, 5.74) is 2.72. The summed E-state index contributed by atoms with van der Waals surface area (Å²) in [6.07, 6.45) is 2.88. The fraction of sp³-hybridized carbons (Fsp3) is 0.600. The maximum atomic E-state index is 12.5. The van der Waals surface area contributed by atoms with Gasteiger partial charge in [-0.3, -0.25) is 9.59 Å². The largest absolute Gasteiger partial charge is 0.379 e. The molecule has 6 nitrogen and oxygen atoms in total. The second-order valence-electron chi connectivity index (χ2n) is 7.42. The topological polar surface area (TPSA) is 67.9 Å². The van der Waals surface area contributed by atoms with Crippen LogP contribution in [0.15, 0.2) is 24.3 Å². The molecule has 1 aromatic carbocycles. The van der Waals surface area contributed by atoms with Gasteiger partial charge in [0.1, 0.15) is 12.7 Å². The highest BCUT2D eigenvalue weighted by molar-refractivity contribution is 5.77. The molecule has 6 heteroatoms. The lowest BCUT2D eigenvalue weighted by molar-refractivity contribution is -0.141. The van der Waals surface area contributed by atoms with E-state index in [1.165, 1.54) is 16.0 Å². The molecule has 2 amide bonds. The van der Waals surface area contributed by atoms with Crippen LogP contribution in [0, 0.1) is 5.92 Å². The zero-order valence-electron chi connectivity index (χ0n) is 15.6. The average molecular weight is 360 g/mol. The summed E-state index contributed by atoms with van der Waals surface area (Å²) in [7, 11) is 3.39. The van der Waals surface area contributed by atoms with Crippen LogP contribution in [-0.4, -0.2) is 62.8 Å². The number of carbonyl (C=O) groups excluding carboxylic acids is 2. The maximum Gasteiger partial charge on any atom is 0.248 e. The van der Waals surface area contributed by atoms with Gasteiger partial charge in [0.05, 0.1) is 12.6 Å². The van der Waals surface area contributed by atoms with Crippen molar-refractivity contribution >= 4 is 11.8 Å². The number of likely N-dealkylation sites (N-methyl/N-ethyl adjacent to an activating group) is 1. The number of rotatable bonds is 6. The first-order chi connectivity index (χ1) is 12.5. The fourth-order valence-electron chi connectivity index (χ4n) is 3.67. The van der Waals surface area contributed by atoms with Crippen molar-refractivity contribution in [3.63, 3.8) is 0 Å². The van der Waals surface area contributed by atoms with Crippen LogP contribution >= 0.6 is 0 Å². The number of fused-ring (bicyclic) bond motifs is 1. The molecular weight excluding hydrogens is 332 g/mol. The van der Waals surface area contributed by atoms with Crippen LogP contribution in [0.25, 0.3) is 0 Å². The lowest BCUT2D eigenvalue weighted by atomic mass is 10.0. The van der Waals surface area contributed by atoms with E-state index < -0.39 is 0 Å². The van der Waals surface area contributed by atoms with E-state index in [1.54, 1.807) is 14.1 Å². The van der Waals surface area contributed by atoms with Gasteiger partial charge in [-0.25, -0.2) is 0 Å². The van der Waals surface area contributed by atoms with Crippen molar-refractivity contribution in [2.24, 2.45) is 5.92 Å². The van der Waals surface area contributed by atoms with Crippen LogP contribution < -0.4 is 5.32 Å². The standard InChI is InChI=1S/C20H28N2O4/c1-22(2)20(24)13-26-18-12-25-8-7-17(18)21-19(23)11-14-9-15-5-3-4-6-16(15)10-14/h3-6,14,17-18H,7-13H2,1-2H3,(H,21,23)/t17-,18-/m1/s1. The summed E-state index contributed by atoms with van der Waals surface area (Å²) < 4.78 is 11.2. The normalized spacial score (nSPS) is 22.7. The SMILES string of the molecule is CN(C)C(=O)CO[C@@H]1COCC[C@H]1NC(=O)CC1Cc2ccccc2C1. The van der Waals surface area contributed by atoms with Crippen molar-refractivity contribution in [3.05, 3.63) is 35.4 Å². The molecule has 1 aliphatic carbocycles. The molecular formula is C20H28N2O4. The van der Waals surface area contributed by atoms with E-state index in [1.807, 2.05) is 0 Å². The second-order valence-corrected chi connectivity index (χ2v) is 7.42. The number of amides is 2. The highest BCUT2D eigenvalue weighted by Crippen LogP contribution is 2.28. The van der Waals surface area contributed by atoms with Crippen molar-refractivity contribution < 1.29 is 19.1 Å². The van der Waals surface area contributed by atoms with Crippen molar-refractivity contribution in [1.82, 2.24) is 10.2 Å². The maximum absolute atomic E-state index is 12.5. The van der Waals surface area contributed by atoms with Gasteiger partial charge in [0.25, 0.3) is 0 Å². The summed E-state index contributed by atoms with van der Waals surface area (Å²) >= 11 is 0. The van der Waals surface area contributed by atoms with Gasteiger partial charge in [-0.05, 0) is 36.3 Å². The zero-order chi connectivity index (χ0) is 18.5. The van der Waals surface area contributed by atoms with Crippen molar-refractivity contribution in [3.8, 4) is 0 Å². The first-order valence-corrected chi connectivity index (χ1v) is 9.28. The zero-order valence-corrected chi connectivity index (χ0v) is 15.6. The minimum atomic E-state index is -0.280. The summed E-state index contributed by atoms with van der Waals surface area (Å²) in [6.45, 7) is 1.01. The Bertz CT molecular complexity index is 621. The molecule has 0 unspecified atom stereocenters. The number of carbonyl (C=O) groups is 2. The molecule has 0 saturated carbocycles. The quantitative estimate of drug-likeness (QED) is 0.827. The molecule has 1 aromatic rings. The predicted octanol–water partition coefficient (Wildman–Crippen LogP) is 1.17. The van der Waals surface area contributed by atoms with Gasteiger partial charge in [-0.15, -0.1) is 0 Å². The van der Waals surface area contributed by atoms with Crippen LogP contribution in [-0.2, 0) is 31.9 Å². The van der Waals surface area contributed by atoms with Crippen molar-refractivity contribution in [2.45, 2.75) is 37.8 Å². The van der Waals surface area contributed by atoms with E-state index in [0.29, 0.717) is 32.0 Å². The van der Waals surface area contributed by atoms with E-state index in [-0.39, 0.29) is 30.6 Å². The van der Waals surface area contributed by atoms with Gasteiger partial charge in [-0.1, -0.05) is 24.3 Å². The fourth-order valence-corrected chi connectivity index (χ4v) is 3.67. The third-order valence-electron chi connectivity index (χ3n) is 5.18. The van der Waals surface area contributed by atoms with Gasteiger partial charge >= 0.3 is 0 Å². The summed E-state index contributed by atoms with van der Waals surface area (Å²) in [5, 5.41) is 3.11. The predicted molar refractivity (Wildman–Crippen MR) is 97.8 cm³/mol. The third kappa shape index (κ3) is 4.83. The Kier molecular flexibility index (Phi) is 6.27. The van der Waals surface area contributed by atoms with Crippen molar-refractivity contribution in [1.29, 1.82) is 0 Å². The third-order valence-corrected chi connectivity index (χ3v) is 5.18. The van der Waals surface area contributed by atoms with Crippen molar-refractivity contribution in [2.75, 3.05) is 33.9 Å². The van der Waals surface area contributed by atoms with E-state index >= 15 is 0 Å². The number of nitrogens with one attached hydrogen (secondary N) is 1. The Labute approximate surface area is 154 Å². The molecule has 2 aliphatic rings. The molecule has 142 valence electrons. The van der Waals surface area contributed by atoms with Gasteiger partial charge in [0, 0.05) is 27.1 Å². The van der Waals surface area contributed by atoms with Crippen LogP contribution in [0.5, 0.6) is 0 Å². The molecule has 1 N–H and O–H groups in total. The number of benzene rings is 1. The molecule has 1 fully saturated rings. The molecule has 1 heterocycles. The lowest BCUT2D eigenvalue weighted by Gasteiger charge is -2.32. The average Bonchev–Trinajstić information content (AvgIpc) is 3.02. The molecule has 1 aliphatic heterocycles. The van der Waals surface area contributed by atoms with Gasteiger partial charge in [0.2, 0.25) is 11.8 Å². The van der Waals surface area contributed by atoms with Crippen LogP contribution in [0.3, 0.4) is 0 Å². The van der Waals surface area contributed by atoms with Crippen LogP contribution in [0.4, 0.5) is 0 Å². The molecule has 0 aromatic heterocycles. The van der Waals surface area contributed by atoms with E-state index in [9.17, 15) is 9.59 Å². The first kappa shape index (κ1) is 18.9. The van der Waals surface area contributed by atoms with E-state index in [4.69, 9.17) is 9.47 Å². The van der Waals surface area contributed by atoms with Gasteiger partial charge in [-0.2, -0.15) is 0 Å². The highest BCUT2D eigenvalue weighted by atomic mass is 16.5. The smallest absolute Gasteiger partial charge is 0.248 e.